The minimum Gasteiger partial charge on any atom is -0.398 e. The summed E-state index contributed by atoms with van der Waals surface area (Å²) in [6, 6.07) is 11.3. The Morgan fingerprint density at radius 2 is 1.63 bits per heavy atom. The highest BCUT2D eigenvalue weighted by Gasteiger charge is 2.30. The summed E-state index contributed by atoms with van der Waals surface area (Å²) >= 11 is 0. The number of nitrogens with zero attached hydrogens (tertiary/aromatic N) is 1. The van der Waals surface area contributed by atoms with Gasteiger partial charge in [0.15, 0.2) is 0 Å². The first-order chi connectivity index (χ1) is 8.91. The van der Waals surface area contributed by atoms with E-state index in [1.165, 1.54) is 12.1 Å². The molecule has 0 aliphatic heterocycles. The molecule has 0 radical (unpaired) electrons. The molecule has 2 rings (SSSR count). The fraction of sp³-hybridized carbons (Fsp3) is 0.0714. The standard InChI is InChI=1S/C14H9F3N2/c15-14(16,17)11-4-2-10(3-5-11)12-7-9(8-18)1-6-13(12)19/h1-7H,19H2. The highest BCUT2D eigenvalue weighted by Crippen LogP contribution is 2.32. The number of nitrogens with two attached hydrogens (primary N) is 1. The Hall–Kier alpha value is -2.48. The van der Waals surface area contributed by atoms with Crippen LogP contribution in [0.15, 0.2) is 42.5 Å². The van der Waals surface area contributed by atoms with Gasteiger partial charge in [-0.1, -0.05) is 12.1 Å². The highest BCUT2D eigenvalue weighted by molar-refractivity contribution is 5.77. The van der Waals surface area contributed by atoms with Crippen LogP contribution in [0.3, 0.4) is 0 Å². The third kappa shape index (κ3) is 2.68. The topological polar surface area (TPSA) is 49.8 Å². The first-order valence-corrected chi connectivity index (χ1v) is 5.39. The molecule has 0 heterocycles. The summed E-state index contributed by atoms with van der Waals surface area (Å²) in [6.07, 6.45) is -4.36. The van der Waals surface area contributed by atoms with Crippen molar-refractivity contribution in [1.29, 1.82) is 5.26 Å². The van der Waals surface area contributed by atoms with Crippen molar-refractivity contribution < 1.29 is 13.2 Å². The fourth-order valence-corrected chi connectivity index (χ4v) is 1.71. The Kier molecular flexibility index (Phi) is 3.17. The molecule has 5 heteroatoms. The molecule has 0 aliphatic carbocycles. The predicted molar refractivity (Wildman–Crippen MR) is 66.0 cm³/mol. The molecule has 0 atom stereocenters. The quantitative estimate of drug-likeness (QED) is 0.794. The predicted octanol–water partition coefficient (Wildman–Crippen LogP) is 3.83. The number of nitriles is 1. The average molecular weight is 262 g/mol. The van der Waals surface area contributed by atoms with Gasteiger partial charge < -0.3 is 5.73 Å². The molecule has 2 aromatic rings. The van der Waals surface area contributed by atoms with Crippen LogP contribution in [0, 0.1) is 11.3 Å². The molecular formula is C14H9F3N2. The molecule has 96 valence electrons. The van der Waals surface area contributed by atoms with E-state index in [1.54, 1.807) is 18.2 Å². The van der Waals surface area contributed by atoms with Crippen LogP contribution in [0.5, 0.6) is 0 Å². The summed E-state index contributed by atoms with van der Waals surface area (Å²) < 4.78 is 37.4. The second kappa shape index (κ2) is 4.65. The van der Waals surface area contributed by atoms with Gasteiger partial charge in [0.1, 0.15) is 0 Å². The van der Waals surface area contributed by atoms with Gasteiger partial charge in [0, 0.05) is 11.3 Å². The first-order valence-electron chi connectivity index (χ1n) is 5.39. The Morgan fingerprint density at radius 3 is 2.16 bits per heavy atom. The molecule has 19 heavy (non-hydrogen) atoms. The van der Waals surface area contributed by atoms with E-state index in [1.807, 2.05) is 6.07 Å². The molecule has 2 N–H and O–H groups in total. The number of rotatable bonds is 1. The molecule has 0 saturated carbocycles. The SMILES string of the molecule is N#Cc1ccc(N)c(-c2ccc(C(F)(F)F)cc2)c1. The van der Waals surface area contributed by atoms with Crippen LogP contribution in [0.4, 0.5) is 18.9 Å². The Labute approximate surface area is 107 Å². The van der Waals surface area contributed by atoms with Gasteiger partial charge in [-0.3, -0.25) is 0 Å². The maximum atomic E-state index is 12.5. The normalized spacial score (nSPS) is 11.1. The van der Waals surface area contributed by atoms with E-state index in [4.69, 9.17) is 11.0 Å². The van der Waals surface area contributed by atoms with E-state index >= 15 is 0 Å². The number of halogens is 3. The van der Waals surface area contributed by atoms with Crippen LogP contribution < -0.4 is 5.73 Å². The van der Waals surface area contributed by atoms with Crippen LogP contribution in [-0.4, -0.2) is 0 Å². The molecule has 2 aromatic carbocycles. The summed E-state index contributed by atoms with van der Waals surface area (Å²) in [6.45, 7) is 0. The summed E-state index contributed by atoms with van der Waals surface area (Å²) in [4.78, 5) is 0. The second-order valence-electron chi connectivity index (χ2n) is 3.99. The first kappa shape index (κ1) is 13.0. The lowest BCUT2D eigenvalue weighted by Crippen LogP contribution is -2.04. The van der Waals surface area contributed by atoms with Gasteiger partial charge in [0.25, 0.3) is 0 Å². The van der Waals surface area contributed by atoms with Gasteiger partial charge in [-0.05, 0) is 35.9 Å². The molecule has 2 nitrogen and oxygen atoms in total. The van der Waals surface area contributed by atoms with Crippen molar-refractivity contribution in [3.63, 3.8) is 0 Å². The van der Waals surface area contributed by atoms with Crippen molar-refractivity contribution >= 4 is 5.69 Å². The largest absolute Gasteiger partial charge is 0.416 e. The summed E-state index contributed by atoms with van der Waals surface area (Å²) in [7, 11) is 0. The van der Waals surface area contributed by atoms with E-state index in [2.05, 4.69) is 0 Å². The second-order valence-corrected chi connectivity index (χ2v) is 3.99. The molecule has 0 aromatic heterocycles. The van der Waals surface area contributed by atoms with E-state index in [0.29, 0.717) is 22.4 Å². The van der Waals surface area contributed by atoms with Crippen LogP contribution in [0.2, 0.25) is 0 Å². The smallest absolute Gasteiger partial charge is 0.398 e. The van der Waals surface area contributed by atoms with Crippen molar-refractivity contribution in [3.05, 3.63) is 53.6 Å². The number of hydrogen-bond acceptors (Lipinski definition) is 2. The van der Waals surface area contributed by atoms with Crippen LogP contribution in [0.25, 0.3) is 11.1 Å². The van der Waals surface area contributed by atoms with Gasteiger partial charge in [0.05, 0.1) is 17.2 Å². The minimum absolute atomic E-state index is 0.407. The summed E-state index contributed by atoms with van der Waals surface area (Å²) in [5.74, 6) is 0. The van der Waals surface area contributed by atoms with Gasteiger partial charge in [-0.2, -0.15) is 18.4 Å². The number of alkyl halides is 3. The molecular weight excluding hydrogens is 253 g/mol. The summed E-state index contributed by atoms with van der Waals surface area (Å²) in [5.41, 5.74) is 6.97. The zero-order valence-corrected chi connectivity index (χ0v) is 9.70. The molecule has 0 saturated heterocycles. The molecule has 0 spiro atoms. The van der Waals surface area contributed by atoms with Gasteiger partial charge in [-0.15, -0.1) is 0 Å². The Morgan fingerprint density at radius 1 is 1.00 bits per heavy atom. The molecule has 0 amide bonds. The minimum atomic E-state index is -4.36. The fourth-order valence-electron chi connectivity index (χ4n) is 1.71. The highest BCUT2D eigenvalue weighted by atomic mass is 19.4. The molecule has 0 aliphatic rings. The zero-order valence-electron chi connectivity index (χ0n) is 9.70. The van der Waals surface area contributed by atoms with Crippen LogP contribution >= 0.6 is 0 Å². The molecule has 0 bridgehead atoms. The maximum Gasteiger partial charge on any atom is 0.416 e. The van der Waals surface area contributed by atoms with Crippen LogP contribution in [-0.2, 0) is 6.18 Å². The van der Waals surface area contributed by atoms with Gasteiger partial charge in [0.2, 0.25) is 0 Å². The Balaban J connectivity index is 2.46. The van der Waals surface area contributed by atoms with E-state index in [9.17, 15) is 13.2 Å². The van der Waals surface area contributed by atoms with Crippen molar-refractivity contribution in [3.8, 4) is 17.2 Å². The van der Waals surface area contributed by atoms with Gasteiger partial charge >= 0.3 is 6.18 Å². The molecule has 0 fully saturated rings. The molecule has 0 unspecified atom stereocenters. The van der Waals surface area contributed by atoms with Crippen LogP contribution in [0.1, 0.15) is 11.1 Å². The maximum absolute atomic E-state index is 12.5. The van der Waals surface area contributed by atoms with Crippen molar-refractivity contribution in [1.82, 2.24) is 0 Å². The van der Waals surface area contributed by atoms with E-state index in [-0.39, 0.29) is 0 Å². The lowest BCUT2D eigenvalue weighted by atomic mass is 10.00. The number of anilines is 1. The lowest BCUT2D eigenvalue weighted by Gasteiger charge is -2.09. The Bertz CT molecular complexity index is 637. The lowest BCUT2D eigenvalue weighted by molar-refractivity contribution is -0.137. The van der Waals surface area contributed by atoms with Crippen molar-refractivity contribution in [2.75, 3.05) is 5.73 Å². The zero-order chi connectivity index (χ0) is 14.0. The van der Waals surface area contributed by atoms with Crippen molar-refractivity contribution in [2.45, 2.75) is 6.18 Å². The van der Waals surface area contributed by atoms with Gasteiger partial charge in [-0.25, -0.2) is 0 Å². The number of benzene rings is 2. The van der Waals surface area contributed by atoms with E-state index in [0.717, 1.165) is 12.1 Å². The summed E-state index contributed by atoms with van der Waals surface area (Å²) in [5, 5.41) is 8.81. The average Bonchev–Trinajstić information content (AvgIpc) is 2.38. The number of hydrogen-bond donors (Lipinski definition) is 1. The van der Waals surface area contributed by atoms with Crippen molar-refractivity contribution in [2.24, 2.45) is 0 Å². The monoisotopic (exact) mass is 262 g/mol. The number of nitrogen functional groups attached to an aromatic ring is 1. The third-order valence-electron chi connectivity index (χ3n) is 2.71. The van der Waals surface area contributed by atoms with E-state index < -0.39 is 11.7 Å². The third-order valence-corrected chi connectivity index (χ3v) is 2.71.